The molecule has 1 saturated carbocycles. The zero-order valence-electron chi connectivity index (χ0n) is 12.5. The summed E-state index contributed by atoms with van der Waals surface area (Å²) in [6, 6.07) is 4.70. The molecule has 0 heterocycles. The molecule has 0 radical (unpaired) electrons. The summed E-state index contributed by atoms with van der Waals surface area (Å²) in [6.45, 7) is 4.59. The van der Waals surface area contributed by atoms with Crippen LogP contribution in [-0.2, 0) is 16.6 Å². The number of halogens is 1. The molecule has 118 valence electrons. The van der Waals surface area contributed by atoms with Gasteiger partial charge in [-0.3, -0.25) is 0 Å². The summed E-state index contributed by atoms with van der Waals surface area (Å²) in [6.07, 6.45) is 3.11. The Hall–Kier alpha value is -0.620. The molecule has 1 aromatic rings. The molecule has 4 nitrogen and oxygen atoms in total. The highest BCUT2D eigenvalue weighted by Crippen LogP contribution is 2.30. The second-order valence-electron chi connectivity index (χ2n) is 5.95. The molecule has 2 rings (SSSR count). The molecule has 3 atom stereocenters. The summed E-state index contributed by atoms with van der Waals surface area (Å²) in [4.78, 5) is 0.204. The van der Waals surface area contributed by atoms with Gasteiger partial charge in [-0.25, -0.2) is 13.1 Å². The standard InChI is InChI=1S/C15H23ClN2O2S/c1-10-4-3-5-15(11(10)2)18-21(19,20)13-7-6-12(9-17)14(16)8-13/h6-8,10-11,15,18H,3-5,9,17H2,1-2H3. The van der Waals surface area contributed by atoms with E-state index in [0.717, 1.165) is 24.8 Å². The quantitative estimate of drug-likeness (QED) is 0.891. The van der Waals surface area contributed by atoms with Gasteiger partial charge >= 0.3 is 0 Å². The highest BCUT2D eigenvalue weighted by atomic mass is 35.5. The molecule has 3 N–H and O–H groups in total. The van der Waals surface area contributed by atoms with Gasteiger partial charge in [-0.2, -0.15) is 0 Å². The molecule has 3 unspecified atom stereocenters. The molecule has 0 aliphatic heterocycles. The lowest BCUT2D eigenvalue weighted by Gasteiger charge is -2.34. The van der Waals surface area contributed by atoms with Gasteiger partial charge in [-0.15, -0.1) is 0 Å². The first-order valence-corrected chi connectivity index (χ1v) is 9.22. The van der Waals surface area contributed by atoms with Crippen LogP contribution in [0.15, 0.2) is 23.1 Å². The Bertz CT molecular complexity index is 604. The van der Waals surface area contributed by atoms with E-state index in [9.17, 15) is 8.42 Å². The number of rotatable bonds is 4. The Balaban J connectivity index is 2.20. The smallest absolute Gasteiger partial charge is 0.240 e. The van der Waals surface area contributed by atoms with Gasteiger partial charge < -0.3 is 5.73 Å². The van der Waals surface area contributed by atoms with Crippen molar-refractivity contribution in [1.29, 1.82) is 0 Å². The van der Waals surface area contributed by atoms with E-state index in [1.165, 1.54) is 6.07 Å². The molecule has 21 heavy (non-hydrogen) atoms. The van der Waals surface area contributed by atoms with Crippen LogP contribution in [0, 0.1) is 11.8 Å². The van der Waals surface area contributed by atoms with E-state index in [0.29, 0.717) is 23.4 Å². The maximum absolute atomic E-state index is 12.5. The lowest BCUT2D eigenvalue weighted by molar-refractivity contribution is 0.227. The highest BCUT2D eigenvalue weighted by Gasteiger charge is 2.30. The fourth-order valence-corrected chi connectivity index (χ4v) is 4.59. The number of sulfonamides is 1. The summed E-state index contributed by atoms with van der Waals surface area (Å²) in [5.41, 5.74) is 6.29. The van der Waals surface area contributed by atoms with Gasteiger partial charge in [0.2, 0.25) is 10.0 Å². The monoisotopic (exact) mass is 330 g/mol. The molecule has 1 aromatic carbocycles. The first-order chi connectivity index (χ1) is 9.85. The molecule has 1 aliphatic carbocycles. The summed E-state index contributed by atoms with van der Waals surface area (Å²) in [5.74, 6) is 0.877. The maximum atomic E-state index is 12.5. The van der Waals surface area contributed by atoms with Crippen molar-refractivity contribution in [3.63, 3.8) is 0 Å². The topological polar surface area (TPSA) is 72.2 Å². The van der Waals surface area contributed by atoms with Crippen LogP contribution in [0.4, 0.5) is 0 Å². The molecule has 0 saturated heterocycles. The third-order valence-corrected chi connectivity index (χ3v) is 6.41. The van der Waals surface area contributed by atoms with Gasteiger partial charge in [-0.1, -0.05) is 44.4 Å². The average molecular weight is 331 g/mol. The number of hydrogen-bond acceptors (Lipinski definition) is 3. The minimum Gasteiger partial charge on any atom is -0.326 e. The molecule has 1 aliphatic rings. The van der Waals surface area contributed by atoms with Crippen LogP contribution in [-0.4, -0.2) is 14.5 Å². The van der Waals surface area contributed by atoms with Crippen LogP contribution in [0.2, 0.25) is 5.02 Å². The minimum absolute atomic E-state index is 0.00768. The lowest BCUT2D eigenvalue weighted by Crippen LogP contribution is -2.43. The fourth-order valence-electron chi connectivity index (χ4n) is 2.88. The number of hydrogen-bond donors (Lipinski definition) is 2. The Morgan fingerprint density at radius 2 is 2.05 bits per heavy atom. The van der Waals surface area contributed by atoms with E-state index in [2.05, 4.69) is 18.6 Å². The van der Waals surface area contributed by atoms with Crippen LogP contribution in [0.3, 0.4) is 0 Å². The van der Waals surface area contributed by atoms with Crippen LogP contribution in [0.1, 0.15) is 38.7 Å². The molecule has 0 spiro atoms. The minimum atomic E-state index is -3.54. The number of nitrogens with two attached hydrogens (primary N) is 1. The summed E-state index contributed by atoms with van der Waals surface area (Å²) >= 11 is 6.06. The van der Waals surface area contributed by atoms with Crippen LogP contribution in [0.5, 0.6) is 0 Å². The predicted molar refractivity (Wildman–Crippen MR) is 85.6 cm³/mol. The summed E-state index contributed by atoms with van der Waals surface area (Å²) < 4.78 is 27.8. The molecule has 0 bridgehead atoms. The van der Waals surface area contributed by atoms with E-state index in [1.54, 1.807) is 12.1 Å². The van der Waals surface area contributed by atoms with E-state index >= 15 is 0 Å². The number of benzene rings is 1. The van der Waals surface area contributed by atoms with Crippen LogP contribution < -0.4 is 10.5 Å². The van der Waals surface area contributed by atoms with Gasteiger partial charge in [0.1, 0.15) is 0 Å². The third kappa shape index (κ3) is 3.77. The van der Waals surface area contributed by atoms with E-state index < -0.39 is 10.0 Å². The predicted octanol–water partition coefficient (Wildman–Crippen LogP) is 2.90. The Kier molecular flexibility index (Phi) is 5.30. The van der Waals surface area contributed by atoms with Gasteiger partial charge in [0.05, 0.1) is 4.90 Å². The van der Waals surface area contributed by atoms with Gasteiger partial charge in [0.25, 0.3) is 0 Å². The van der Waals surface area contributed by atoms with Crippen molar-refractivity contribution < 1.29 is 8.42 Å². The Morgan fingerprint density at radius 1 is 1.33 bits per heavy atom. The Morgan fingerprint density at radius 3 is 2.67 bits per heavy atom. The van der Waals surface area contributed by atoms with Gasteiger partial charge in [0, 0.05) is 17.6 Å². The van der Waals surface area contributed by atoms with Gasteiger partial charge in [0.15, 0.2) is 0 Å². The van der Waals surface area contributed by atoms with E-state index in [1.807, 2.05) is 0 Å². The molecular weight excluding hydrogens is 308 g/mol. The first kappa shape index (κ1) is 16.7. The van der Waals surface area contributed by atoms with E-state index in [-0.39, 0.29) is 10.9 Å². The number of nitrogens with one attached hydrogen (secondary N) is 1. The fraction of sp³-hybridized carbons (Fsp3) is 0.600. The van der Waals surface area contributed by atoms with Gasteiger partial charge in [-0.05, 0) is 36.0 Å². The SMILES string of the molecule is CC1CCCC(NS(=O)(=O)c2ccc(CN)c(Cl)c2)C1C. The van der Waals surface area contributed by atoms with Crippen molar-refractivity contribution in [1.82, 2.24) is 4.72 Å². The maximum Gasteiger partial charge on any atom is 0.240 e. The van der Waals surface area contributed by atoms with Crippen molar-refractivity contribution in [3.8, 4) is 0 Å². The molecular formula is C15H23ClN2O2S. The average Bonchev–Trinajstić information content (AvgIpc) is 2.43. The van der Waals surface area contributed by atoms with Crippen molar-refractivity contribution >= 4 is 21.6 Å². The Labute approximate surface area is 132 Å². The molecule has 1 fully saturated rings. The summed E-state index contributed by atoms with van der Waals surface area (Å²) in [7, 11) is -3.54. The van der Waals surface area contributed by atoms with Crippen LogP contribution >= 0.6 is 11.6 Å². The normalized spacial score (nSPS) is 26.8. The van der Waals surface area contributed by atoms with Crippen molar-refractivity contribution in [2.24, 2.45) is 17.6 Å². The zero-order valence-corrected chi connectivity index (χ0v) is 14.0. The first-order valence-electron chi connectivity index (χ1n) is 7.36. The largest absolute Gasteiger partial charge is 0.326 e. The van der Waals surface area contributed by atoms with Crippen LogP contribution in [0.25, 0.3) is 0 Å². The summed E-state index contributed by atoms with van der Waals surface area (Å²) in [5, 5.41) is 0.394. The lowest BCUT2D eigenvalue weighted by atomic mass is 9.78. The van der Waals surface area contributed by atoms with Crippen molar-refractivity contribution in [2.45, 2.75) is 50.6 Å². The molecule has 0 aromatic heterocycles. The molecule has 0 amide bonds. The second-order valence-corrected chi connectivity index (χ2v) is 8.07. The second kappa shape index (κ2) is 6.65. The van der Waals surface area contributed by atoms with E-state index in [4.69, 9.17) is 17.3 Å². The third-order valence-electron chi connectivity index (χ3n) is 4.57. The van der Waals surface area contributed by atoms with Crippen molar-refractivity contribution in [3.05, 3.63) is 28.8 Å². The zero-order chi connectivity index (χ0) is 15.6. The molecule has 6 heteroatoms. The highest BCUT2D eigenvalue weighted by molar-refractivity contribution is 7.89. The van der Waals surface area contributed by atoms with Crippen molar-refractivity contribution in [2.75, 3.05) is 0 Å².